The molecule has 0 aliphatic rings. The second-order valence-corrected chi connectivity index (χ2v) is 9.69. The molecule has 0 bridgehead atoms. The smallest absolute Gasteiger partial charge is 0.326 e. The first-order chi connectivity index (χ1) is 17.3. The van der Waals surface area contributed by atoms with Crippen molar-refractivity contribution in [2.75, 3.05) is 0 Å². The third kappa shape index (κ3) is 11.4. The lowest BCUT2D eigenvalue weighted by Crippen LogP contribution is -2.59. The highest BCUT2D eigenvalue weighted by molar-refractivity contribution is 5.94. The lowest BCUT2D eigenvalue weighted by Gasteiger charge is -2.28. The van der Waals surface area contributed by atoms with E-state index < -0.39 is 60.2 Å². The zero-order valence-corrected chi connectivity index (χ0v) is 21.9. The third-order valence-corrected chi connectivity index (χ3v) is 6.03. The number of carbonyl (C=O) groups is 5. The molecule has 206 valence electrons. The molecule has 5 unspecified atom stereocenters. The molecule has 11 heteroatoms. The van der Waals surface area contributed by atoms with Gasteiger partial charge in [0.2, 0.25) is 17.7 Å². The van der Waals surface area contributed by atoms with Gasteiger partial charge in [-0.05, 0) is 36.7 Å². The number of rotatable bonds is 16. The Balaban J connectivity index is 2.98. The SMILES string of the molecule is CCC(C)C(NC(=O)C(CC(C)C)NC(=O)C(N)Cc1ccccc1)C(=O)NC(CCC(=O)O)C(=O)O. The molecular formula is C26H40N4O7. The number of carboxylic acid groups (broad SMARTS) is 2. The summed E-state index contributed by atoms with van der Waals surface area (Å²) in [6.45, 7) is 7.31. The number of carboxylic acids is 2. The fourth-order valence-corrected chi connectivity index (χ4v) is 3.68. The Bertz CT molecular complexity index is 923. The fraction of sp³-hybridized carbons (Fsp3) is 0.577. The molecule has 37 heavy (non-hydrogen) atoms. The Kier molecular flexibility index (Phi) is 13.3. The number of benzene rings is 1. The van der Waals surface area contributed by atoms with Crippen LogP contribution in [0.4, 0.5) is 0 Å². The maximum atomic E-state index is 13.2. The maximum Gasteiger partial charge on any atom is 0.326 e. The Morgan fingerprint density at radius 1 is 0.865 bits per heavy atom. The number of hydrogen-bond acceptors (Lipinski definition) is 6. The molecule has 5 atom stereocenters. The van der Waals surface area contributed by atoms with Gasteiger partial charge in [-0.2, -0.15) is 0 Å². The van der Waals surface area contributed by atoms with E-state index in [1.54, 1.807) is 6.92 Å². The van der Waals surface area contributed by atoms with Crippen LogP contribution in [0.2, 0.25) is 0 Å². The van der Waals surface area contributed by atoms with Crippen LogP contribution in [0.3, 0.4) is 0 Å². The second kappa shape index (κ2) is 15.6. The molecule has 11 nitrogen and oxygen atoms in total. The van der Waals surface area contributed by atoms with Crippen molar-refractivity contribution in [3.63, 3.8) is 0 Å². The van der Waals surface area contributed by atoms with E-state index in [-0.39, 0.29) is 24.7 Å². The van der Waals surface area contributed by atoms with Gasteiger partial charge < -0.3 is 31.9 Å². The summed E-state index contributed by atoms with van der Waals surface area (Å²) in [5.41, 5.74) is 6.95. The highest BCUT2D eigenvalue weighted by atomic mass is 16.4. The predicted molar refractivity (Wildman–Crippen MR) is 137 cm³/mol. The van der Waals surface area contributed by atoms with Crippen LogP contribution in [0, 0.1) is 11.8 Å². The number of amides is 3. The minimum absolute atomic E-state index is 0.0321. The molecule has 0 aliphatic carbocycles. The molecule has 1 aromatic carbocycles. The van der Waals surface area contributed by atoms with Gasteiger partial charge in [-0.1, -0.05) is 64.4 Å². The van der Waals surface area contributed by atoms with E-state index >= 15 is 0 Å². The van der Waals surface area contributed by atoms with Crippen molar-refractivity contribution >= 4 is 29.7 Å². The Labute approximate surface area is 217 Å². The minimum Gasteiger partial charge on any atom is -0.481 e. The Morgan fingerprint density at radius 2 is 1.46 bits per heavy atom. The van der Waals surface area contributed by atoms with Crippen LogP contribution >= 0.6 is 0 Å². The standard InChI is InChI=1S/C26H40N4O7/c1-5-16(4)22(25(35)28-19(26(36)37)11-12-21(31)32)30-24(34)20(13-15(2)3)29-23(33)18(27)14-17-9-7-6-8-10-17/h6-10,15-16,18-20,22H,5,11-14,27H2,1-4H3,(H,28,35)(H,29,33)(H,30,34)(H,31,32)(H,36,37). The van der Waals surface area contributed by atoms with Crippen molar-refractivity contribution in [2.24, 2.45) is 17.6 Å². The van der Waals surface area contributed by atoms with Crippen LogP contribution in [0.1, 0.15) is 58.9 Å². The normalized spacial score (nSPS) is 15.1. The fourth-order valence-electron chi connectivity index (χ4n) is 3.68. The largest absolute Gasteiger partial charge is 0.481 e. The molecule has 0 saturated carbocycles. The van der Waals surface area contributed by atoms with Crippen molar-refractivity contribution in [3.05, 3.63) is 35.9 Å². The third-order valence-electron chi connectivity index (χ3n) is 6.03. The molecule has 0 radical (unpaired) electrons. The van der Waals surface area contributed by atoms with Gasteiger partial charge in [0, 0.05) is 6.42 Å². The van der Waals surface area contributed by atoms with Crippen LogP contribution in [-0.2, 0) is 30.4 Å². The molecule has 1 aromatic rings. The lowest BCUT2D eigenvalue weighted by molar-refractivity contribution is -0.143. The molecular weight excluding hydrogens is 480 g/mol. The molecule has 7 N–H and O–H groups in total. The average Bonchev–Trinajstić information content (AvgIpc) is 2.83. The summed E-state index contributed by atoms with van der Waals surface area (Å²) in [5, 5.41) is 25.9. The van der Waals surface area contributed by atoms with E-state index in [1.807, 2.05) is 51.1 Å². The summed E-state index contributed by atoms with van der Waals surface area (Å²) in [4.78, 5) is 61.4. The van der Waals surface area contributed by atoms with E-state index in [2.05, 4.69) is 16.0 Å². The highest BCUT2D eigenvalue weighted by Crippen LogP contribution is 2.12. The van der Waals surface area contributed by atoms with E-state index in [9.17, 15) is 29.1 Å². The zero-order valence-electron chi connectivity index (χ0n) is 21.9. The van der Waals surface area contributed by atoms with Crippen LogP contribution in [0.5, 0.6) is 0 Å². The summed E-state index contributed by atoms with van der Waals surface area (Å²) in [6.07, 6.45) is 0.328. The molecule has 0 heterocycles. The molecule has 0 aliphatic heterocycles. The summed E-state index contributed by atoms with van der Waals surface area (Å²) in [6, 6.07) is 4.87. The average molecular weight is 521 g/mol. The highest BCUT2D eigenvalue weighted by Gasteiger charge is 2.33. The second-order valence-electron chi connectivity index (χ2n) is 9.69. The molecule has 3 amide bonds. The van der Waals surface area contributed by atoms with Gasteiger partial charge in [-0.25, -0.2) is 4.79 Å². The predicted octanol–water partition coefficient (Wildman–Crippen LogP) is 1.05. The van der Waals surface area contributed by atoms with Gasteiger partial charge in [0.1, 0.15) is 18.1 Å². The maximum absolute atomic E-state index is 13.2. The van der Waals surface area contributed by atoms with Crippen LogP contribution in [-0.4, -0.2) is 64.0 Å². The number of nitrogens with one attached hydrogen (secondary N) is 3. The first kappa shape index (κ1) is 31.6. The zero-order chi connectivity index (χ0) is 28.1. The molecule has 0 fully saturated rings. The first-order valence-electron chi connectivity index (χ1n) is 12.5. The van der Waals surface area contributed by atoms with Crippen molar-refractivity contribution in [2.45, 2.75) is 84.0 Å². The van der Waals surface area contributed by atoms with E-state index in [0.717, 1.165) is 5.56 Å². The van der Waals surface area contributed by atoms with Crippen molar-refractivity contribution in [1.29, 1.82) is 0 Å². The van der Waals surface area contributed by atoms with Crippen LogP contribution in [0.15, 0.2) is 30.3 Å². The van der Waals surface area contributed by atoms with Crippen LogP contribution < -0.4 is 21.7 Å². The van der Waals surface area contributed by atoms with Gasteiger partial charge in [-0.15, -0.1) is 0 Å². The summed E-state index contributed by atoms with van der Waals surface area (Å²) < 4.78 is 0. The van der Waals surface area contributed by atoms with Gasteiger partial charge in [0.15, 0.2) is 0 Å². The van der Waals surface area contributed by atoms with Crippen molar-refractivity contribution in [1.82, 2.24) is 16.0 Å². The van der Waals surface area contributed by atoms with Crippen molar-refractivity contribution in [3.8, 4) is 0 Å². The topological polar surface area (TPSA) is 188 Å². The van der Waals surface area contributed by atoms with Crippen molar-refractivity contribution < 1.29 is 34.2 Å². The molecule has 0 spiro atoms. The summed E-state index contributed by atoms with van der Waals surface area (Å²) in [5.74, 6) is -4.74. The van der Waals surface area contributed by atoms with Gasteiger partial charge >= 0.3 is 11.9 Å². The number of hydrogen-bond donors (Lipinski definition) is 6. The molecule has 0 aromatic heterocycles. The quantitative estimate of drug-likeness (QED) is 0.186. The number of carbonyl (C=O) groups excluding carboxylic acids is 3. The summed E-state index contributed by atoms with van der Waals surface area (Å²) >= 11 is 0. The van der Waals surface area contributed by atoms with Gasteiger partial charge in [0.25, 0.3) is 0 Å². The molecule has 1 rings (SSSR count). The Hall–Kier alpha value is -3.47. The van der Waals surface area contributed by atoms with Crippen LogP contribution in [0.25, 0.3) is 0 Å². The first-order valence-corrected chi connectivity index (χ1v) is 12.5. The monoisotopic (exact) mass is 520 g/mol. The van der Waals surface area contributed by atoms with E-state index in [1.165, 1.54) is 0 Å². The summed E-state index contributed by atoms with van der Waals surface area (Å²) in [7, 11) is 0. The van der Waals surface area contributed by atoms with Gasteiger partial charge in [0.05, 0.1) is 6.04 Å². The lowest BCUT2D eigenvalue weighted by atomic mass is 9.96. The molecule has 0 saturated heterocycles. The number of aliphatic carboxylic acids is 2. The minimum atomic E-state index is -1.42. The number of nitrogens with two attached hydrogens (primary N) is 1. The van der Waals surface area contributed by atoms with E-state index in [0.29, 0.717) is 12.8 Å². The van der Waals surface area contributed by atoms with E-state index in [4.69, 9.17) is 10.8 Å². The van der Waals surface area contributed by atoms with Gasteiger partial charge in [-0.3, -0.25) is 19.2 Å². The Morgan fingerprint density at radius 3 is 1.97 bits per heavy atom.